The molecule has 0 fully saturated rings. The summed E-state index contributed by atoms with van der Waals surface area (Å²) in [7, 11) is 0. The van der Waals surface area contributed by atoms with Crippen molar-refractivity contribution in [2.24, 2.45) is 0 Å². The first kappa shape index (κ1) is 21.0. The molecule has 2 amide bonds. The SMILES string of the molecule is CCOc1ccccc1C(=O)NCCCC(=O)N[C@H](C(=O)O)c1ccccc1. The van der Waals surface area contributed by atoms with Crippen LogP contribution >= 0.6 is 0 Å². The average Bonchev–Trinajstić information content (AvgIpc) is 2.70. The van der Waals surface area contributed by atoms with Crippen LogP contribution in [-0.2, 0) is 9.59 Å². The number of nitrogens with one attached hydrogen (secondary N) is 2. The molecule has 0 unspecified atom stereocenters. The highest BCUT2D eigenvalue weighted by Gasteiger charge is 2.21. The summed E-state index contributed by atoms with van der Waals surface area (Å²) in [6, 6.07) is 14.3. The maximum atomic E-state index is 12.3. The second-order valence-electron chi connectivity index (χ2n) is 6.04. The Hall–Kier alpha value is -3.35. The van der Waals surface area contributed by atoms with E-state index in [1.807, 2.05) is 6.92 Å². The third-order valence-electron chi connectivity index (χ3n) is 3.98. The van der Waals surface area contributed by atoms with Crippen molar-refractivity contribution in [3.8, 4) is 5.75 Å². The number of carboxylic acid groups (broad SMARTS) is 1. The summed E-state index contributed by atoms with van der Waals surface area (Å²) < 4.78 is 5.43. The molecule has 0 aromatic heterocycles. The number of para-hydroxylation sites is 1. The Bertz CT molecular complexity index is 807. The van der Waals surface area contributed by atoms with E-state index in [9.17, 15) is 19.5 Å². The molecule has 0 aliphatic carbocycles. The lowest BCUT2D eigenvalue weighted by molar-refractivity contribution is -0.142. The van der Waals surface area contributed by atoms with E-state index in [0.29, 0.717) is 29.9 Å². The van der Waals surface area contributed by atoms with Crippen molar-refractivity contribution in [1.29, 1.82) is 0 Å². The molecule has 0 saturated heterocycles. The van der Waals surface area contributed by atoms with Crippen molar-refractivity contribution in [1.82, 2.24) is 10.6 Å². The highest BCUT2D eigenvalue weighted by Crippen LogP contribution is 2.17. The Labute approximate surface area is 163 Å². The van der Waals surface area contributed by atoms with Gasteiger partial charge < -0.3 is 20.5 Å². The molecule has 3 N–H and O–H groups in total. The van der Waals surface area contributed by atoms with Crippen molar-refractivity contribution < 1.29 is 24.2 Å². The van der Waals surface area contributed by atoms with Crippen LogP contribution in [0.1, 0.15) is 41.7 Å². The molecule has 7 heteroatoms. The van der Waals surface area contributed by atoms with Gasteiger partial charge in [0, 0.05) is 13.0 Å². The zero-order valence-electron chi connectivity index (χ0n) is 15.7. The van der Waals surface area contributed by atoms with E-state index in [4.69, 9.17) is 4.74 Å². The zero-order valence-corrected chi connectivity index (χ0v) is 15.7. The van der Waals surface area contributed by atoms with Gasteiger partial charge in [-0.05, 0) is 31.0 Å². The van der Waals surface area contributed by atoms with Gasteiger partial charge in [-0.2, -0.15) is 0 Å². The first-order chi connectivity index (χ1) is 13.5. The smallest absolute Gasteiger partial charge is 0.330 e. The number of amides is 2. The Morgan fingerprint density at radius 3 is 2.39 bits per heavy atom. The molecule has 0 radical (unpaired) electrons. The lowest BCUT2D eigenvalue weighted by Crippen LogP contribution is -2.34. The highest BCUT2D eigenvalue weighted by atomic mass is 16.5. The Morgan fingerprint density at radius 2 is 1.71 bits per heavy atom. The summed E-state index contributed by atoms with van der Waals surface area (Å²) in [4.78, 5) is 35.8. The largest absolute Gasteiger partial charge is 0.493 e. The van der Waals surface area contributed by atoms with Gasteiger partial charge in [0.1, 0.15) is 5.75 Å². The number of aliphatic carboxylic acids is 1. The van der Waals surface area contributed by atoms with Crippen LogP contribution in [0.4, 0.5) is 0 Å². The third kappa shape index (κ3) is 6.12. The highest BCUT2D eigenvalue weighted by molar-refractivity contribution is 5.96. The number of carboxylic acids is 1. The third-order valence-corrected chi connectivity index (χ3v) is 3.98. The molecule has 28 heavy (non-hydrogen) atoms. The number of hydrogen-bond acceptors (Lipinski definition) is 4. The topological polar surface area (TPSA) is 105 Å². The van der Waals surface area contributed by atoms with Gasteiger partial charge in [-0.25, -0.2) is 4.79 Å². The summed E-state index contributed by atoms with van der Waals surface area (Å²) in [6.07, 6.45) is 0.486. The van der Waals surface area contributed by atoms with Crippen molar-refractivity contribution in [2.45, 2.75) is 25.8 Å². The lowest BCUT2D eigenvalue weighted by Gasteiger charge is -2.15. The number of hydrogen-bond donors (Lipinski definition) is 3. The molecule has 2 aromatic rings. The van der Waals surface area contributed by atoms with Gasteiger partial charge in [0.2, 0.25) is 5.91 Å². The van der Waals surface area contributed by atoms with Gasteiger partial charge in [0.25, 0.3) is 5.91 Å². The first-order valence-corrected chi connectivity index (χ1v) is 9.10. The summed E-state index contributed by atoms with van der Waals surface area (Å²) in [5.41, 5.74) is 0.938. The Morgan fingerprint density at radius 1 is 1.04 bits per heavy atom. The molecule has 0 aliphatic heterocycles. The minimum atomic E-state index is -1.12. The van der Waals surface area contributed by atoms with E-state index in [2.05, 4.69) is 10.6 Å². The van der Waals surface area contributed by atoms with Crippen molar-refractivity contribution >= 4 is 17.8 Å². The summed E-state index contributed by atoms with van der Waals surface area (Å²) >= 11 is 0. The minimum Gasteiger partial charge on any atom is -0.493 e. The molecule has 7 nitrogen and oxygen atoms in total. The predicted octanol–water partition coefficient (Wildman–Crippen LogP) is 2.54. The molecule has 1 atom stereocenters. The van der Waals surface area contributed by atoms with E-state index < -0.39 is 12.0 Å². The predicted molar refractivity (Wildman–Crippen MR) is 104 cm³/mol. The molecule has 0 heterocycles. The Kier molecular flexibility index (Phi) is 8.02. The Balaban J connectivity index is 1.81. The number of carbonyl (C=O) groups is 3. The normalized spacial score (nSPS) is 11.3. The van der Waals surface area contributed by atoms with E-state index in [1.165, 1.54) is 0 Å². The van der Waals surface area contributed by atoms with Gasteiger partial charge >= 0.3 is 5.97 Å². The average molecular weight is 384 g/mol. The van der Waals surface area contributed by atoms with Crippen LogP contribution in [0, 0.1) is 0 Å². The van der Waals surface area contributed by atoms with Crippen LogP contribution in [0.25, 0.3) is 0 Å². The first-order valence-electron chi connectivity index (χ1n) is 9.10. The standard InChI is InChI=1S/C21H24N2O5/c1-2-28-17-12-7-6-11-16(17)20(25)22-14-8-13-18(24)23-19(21(26)27)15-9-4-3-5-10-15/h3-7,9-12,19H,2,8,13-14H2,1H3,(H,22,25)(H,23,24)(H,26,27)/t19-/m0/s1. The van der Waals surface area contributed by atoms with Gasteiger partial charge in [-0.1, -0.05) is 42.5 Å². The van der Waals surface area contributed by atoms with E-state index in [1.54, 1.807) is 54.6 Å². The van der Waals surface area contributed by atoms with Gasteiger partial charge in [0.05, 0.1) is 12.2 Å². The fourth-order valence-corrected chi connectivity index (χ4v) is 2.65. The van der Waals surface area contributed by atoms with Crippen molar-refractivity contribution in [3.63, 3.8) is 0 Å². The lowest BCUT2D eigenvalue weighted by atomic mass is 10.1. The zero-order chi connectivity index (χ0) is 20.4. The van der Waals surface area contributed by atoms with Gasteiger partial charge in [-0.3, -0.25) is 9.59 Å². The summed E-state index contributed by atoms with van der Waals surface area (Å²) in [6.45, 7) is 2.58. The van der Waals surface area contributed by atoms with Gasteiger partial charge in [-0.15, -0.1) is 0 Å². The molecule has 148 valence electrons. The molecule has 2 aromatic carbocycles. The summed E-state index contributed by atoms with van der Waals surface area (Å²) in [5.74, 6) is -1.29. The number of rotatable bonds is 10. The van der Waals surface area contributed by atoms with Crippen LogP contribution in [-0.4, -0.2) is 36.0 Å². The molecule has 0 aliphatic rings. The fourth-order valence-electron chi connectivity index (χ4n) is 2.65. The maximum absolute atomic E-state index is 12.3. The van der Waals surface area contributed by atoms with E-state index in [0.717, 1.165) is 0 Å². The molecular weight excluding hydrogens is 360 g/mol. The minimum absolute atomic E-state index is 0.101. The molecule has 2 rings (SSSR count). The van der Waals surface area contributed by atoms with E-state index >= 15 is 0 Å². The molecule has 0 bridgehead atoms. The second-order valence-corrected chi connectivity index (χ2v) is 6.04. The number of benzene rings is 2. The van der Waals surface area contributed by atoms with Crippen LogP contribution in [0.15, 0.2) is 54.6 Å². The van der Waals surface area contributed by atoms with Crippen molar-refractivity contribution in [3.05, 3.63) is 65.7 Å². The number of ether oxygens (including phenoxy) is 1. The monoisotopic (exact) mass is 384 g/mol. The van der Waals surface area contributed by atoms with Crippen molar-refractivity contribution in [2.75, 3.05) is 13.2 Å². The van der Waals surface area contributed by atoms with Crippen LogP contribution in [0.3, 0.4) is 0 Å². The van der Waals surface area contributed by atoms with Crippen LogP contribution < -0.4 is 15.4 Å². The second kappa shape index (κ2) is 10.7. The number of carbonyl (C=O) groups excluding carboxylic acids is 2. The fraction of sp³-hybridized carbons (Fsp3) is 0.286. The summed E-state index contributed by atoms with van der Waals surface area (Å²) in [5, 5.41) is 14.6. The quantitative estimate of drug-likeness (QED) is 0.546. The molecular formula is C21H24N2O5. The van der Waals surface area contributed by atoms with Crippen LogP contribution in [0.5, 0.6) is 5.75 Å². The molecule has 0 spiro atoms. The molecule has 0 saturated carbocycles. The van der Waals surface area contributed by atoms with Crippen LogP contribution in [0.2, 0.25) is 0 Å². The van der Waals surface area contributed by atoms with E-state index in [-0.39, 0.29) is 24.8 Å². The maximum Gasteiger partial charge on any atom is 0.330 e. The van der Waals surface area contributed by atoms with Gasteiger partial charge in [0.15, 0.2) is 6.04 Å².